The highest BCUT2D eigenvalue weighted by atomic mass is 19.1. The van der Waals surface area contributed by atoms with Crippen LogP contribution in [-0.4, -0.2) is 33.1 Å². The molecule has 0 unspecified atom stereocenters. The minimum atomic E-state index is -1.30. The predicted molar refractivity (Wildman–Crippen MR) is 135 cm³/mol. The normalized spacial score (nSPS) is 18.1. The van der Waals surface area contributed by atoms with Gasteiger partial charge < -0.3 is 20.7 Å². The average molecular weight is 520 g/mol. The molecule has 2 aromatic heterocycles. The van der Waals surface area contributed by atoms with Crippen molar-refractivity contribution in [3.8, 4) is 17.3 Å². The number of nitrogens with zero attached hydrogens (tertiary/aromatic N) is 2. The summed E-state index contributed by atoms with van der Waals surface area (Å²) in [5.74, 6) is -2.94. The van der Waals surface area contributed by atoms with Gasteiger partial charge in [0.2, 0.25) is 0 Å². The quantitative estimate of drug-likeness (QED) is 0.283. The van der Waals surface area contributed by atoms with Crippen molar-refractivity contribution in [2.75, 3.05) is 5.32 Å². The van der Waals surface area contributed by atoms with Gasteiger partial charge in [0.25, 0.3) is 5.91 Å². The fraction of sp³-hybridized carbons (Fsp3) is 0.250. The molecule has 194 valence electrons. The summed E-state index contributed by atoms with van der Waals surface area (Å²) in [6.07, 6.45) is 2.71. The molecule has 0 spiro atoms. The number of rotatable bonds is 6. The Balaban J connectivity index is 1.36. The Kier molecular flexibility index (Phi) is 7.03. The van der Waals surface area contributed by atoms with Gasteiger partial charge in [0.1, 0.15) is 17.7 Å². The van der Waals surface area contributed by atoms with E-state index in [1.54, 1.807) is 30.3 Å². The molecule has 10 heteroatoms. The van der Waals surface area contributed by atoms with E-state index >= 15 is 0 Å². The van der Waals surface area contributed by atoms with Crippen molar-refractivity contribution in [3.05, 3.63) is 83.3 Å². The number of aromatic amines is 1. The van der Waals surface area contributed by atoms with Crippen molar-refractivity contribution in [2.24, 2.45) is 0 Å². The van der Waals surface area contributed by atoms with Gasteiger partial charge in [-0.15, -0.1) is 0 Å². The van der Waals surface area contributed by atoms with Gasteiger partial charge in [-0.1, -0.05) is 30.3 Å². The third-order valence-corrected chi connectivity index (χ3v) is 6.78. The van der Waals surface area contributed by atoms with E-state index in [1.165, 1.54) is 6.20 Å². The standard InChI is InChI=1S/C28H24F3N5O2/c29-17-10-20-21(14-33-25(20)22(30)11-17)24-16(13-32)9-23(31)27(36-24)34-18-7-4-8-19(12-18)35-28(38)26(37)15-5-2-1-3-6-15/h1-3,5-6,9-11,14,18-19,26,33,37H,4,7-8,12H2,(H,34,36)(H,35,38)/t18-,19+,26+/m1/s1. The van der Waals surface area contributed by atoms with Gasteiger partial charge in [-0.05, 0) is 43.4 Å². The Morgan fingerprint density at radius 2 is 1.87 bits per heavy atom. The fourth-order valence-electron chi connectivity index (χ4n) is 4.94. The van der Waals surface area contributed by atoms with Crippen molar-refractivity contribution in [3.63, 3.8) is 0 Å². The molecule has 2 aromatic carbocycles. The molecule has 0 bridgehead atoms. The molecular formula is C28H24F3N5O2. The van der Waals surface area contributed by atoms with E-state index in [0.29, 0.717) is 24.8 Å². The first-order valence-electron chi connectivity index (χ1n) is 12.2. The third-order valence-electron chi connectivity index (χ3n) is 6.78. The van der Waals surface area contributed by atoms with E-state index in [4.69, 9.17) is 0 Å². The number of amides is 1. The summed E-state index contributed by atoms with van der Waals surface area (Å²) < 4.78 is 43.1. The first-order chi connectivity index (χ1) is 18.3. The van der Waals surface area contributed by atoms with Crippen LogP contribution in [-0.2, 0) is 4.79 Å². The van der Waals surface area contributed by atoms with Gasteiger partial charge in [-0.25, -0.2) is 18.2 Å². The number of aliphatic hydroxyl groups excluding tert-OH is 1. The number of benzene rings is 2. The number of hydrogen-bond donors (Lipinski definition) is 4. The van der Waals surface area contributed by atoms with Crippen LogP contribution in [0.25, 0.3) is 22.2 Å². The zero-order valence-electron chi connectivity index (χ0n) is 20.1. The molecule has 1 fully saturated rings. The molecule has 0 aliphatic heterocycles. The minimum absolute atomic E-state index is 0.0504. The van der Waals surface area contributed by atoms with E-state index < -0.39 is 29.5 Å². The maximum atomic E-state index is 14.9. The zero-order valence-corrected chi connectivity index (χ0v) is 20.1. The molecule has 4 N–H and O–H groups in total. The summed E-state index contributed by atoms with van der Waals surface area (Å²) in [6.45, 7) is 0. The van der Waals surface area contributed by atoms with Crippen LogP contribution in [0.15, 0.2) is 54.7 Å². The van der Waals surface area contributed by atoms with Crippen molar-refractivity contribution in [1.82, 2.24) is 15.3 Å². The summed E-state index contributed by atoms with van der Waals surface area (Å²) in [4.78, 5) is 19.7. The number of fused-ring (bicyclic) bond motifs is 1. The molecule has 0 saturated heterocycles. The number of nitriles is 1. The first kappa shape index (κ1) is 25.3. The van der Waals surface area contributed by atoms with Crippen molar-refractivity contribution >= 4 is 22.6 Å². The summed E-state index contributed by atoms with van der Waals surface area (Å²) in [7, 11) is 0. The number of H-pyrrole nitrogens is 1. The molecule has 38 heavy (non-hydrogen) atoms. The summed E-state index contributed by atoms with van der Waals surface area (Å²) in [5, 5.41) is 26.1. The van der Waals surface area contributed by atoms with Crippen LogP contribution in [0.2, 0.25) is 0 Å². The first-order valence-corrected chi connectivity index (χ1v) is 12.2. The molecular weight excluding hydrogens is 495 g/mol. The summed E-state index contributed by atoms with van der Waals surface area (Å²) in [5.41, 5.74) is 0.807. The fourth-order valence-corrected chi connectivity index (χ4v) is 4.94. The number of hydrogen-bond acceptors (Lipinski definition) is 5. The van der Waals surface area contributed by atoms with Gasteiger partial charge in [-0.2, -0.15) is 5.26 Å². The van der Waals surface area contributed by atoms with Crippen LogP contribution in [0, 0.1) is 28.8 Å². The molecule has 1 saturated carbocycles. The van der Waals surface area contributed by atoms with Crippen LogP contribution in [0.4, 0.5) is 19.0 Å². The third kappa shape index (κ3) is 5.06. The largest absolute Gasteiger partial charge is 0.378 e. The topological polar surface area (TPSA) is 114 Å². The lowest BCUT2D eigenvalue weighted by atomic mass is 9.90. The maximum Gasteiger partial charge on any atom is 0.253 e. The van der Waals surface area contributed by atoms with Crippen LogP contribution in [0.1, 0.15) is 42.9 Å². The molecule has 2 heterocycles. The smallest absolute Gasteiger partial charge is 0.253 e. The number of aliphatic hydroxyl groups is 1. The minimum Gasteiger partial charge on any atom is -0.378 e. The number of aromatic nitrogens is 2. The van der Waals surface area contributed by atoms with E-state index in [-0.39, 0.29) is 45.6 Å². The predicted octanol–water partition coefficient (Wildman–Crippen LogP) is 5.09. The number of halogens is 3. The van der Waals surface area contributed by atoms with E-state index in [0.717, 1.165) is 24.6 Å². The highest BCUT2D eigenvalue weighted by Crippen LogP contribution is 2.34. The Hall–Kier alpha value is -4.36. The van der Waals surface area contributed by atoms with Gasteiger partial charge >= 0.3 is 0 Å². The Bertz CT molecular complexity index is 1530. The van der Waals surface area contributed by atoms with Crippen molar-refractivity contribution in [1.29, 1.82) is 5.26 Å². The molecule has 7 nitrogen and oxygen atoms in total. The molecule has 1 aliphatic carbocycles. The van der Waals surface area contributed by atoms with Crippen LogP contribution >= 0.6 is 0 Å². The molecule has 0 radical (unpaired) electrons. The highest BCUT2D eigenvalue weighted by molar-refractivity contribution is 5.96. The van der Waals surface area contributed by atoms with Crippen molar-refractivity contribution < 1.29 is 23.1 Å². The molecule has 1 amide bonds. The van der Waals surface area contributed by atoms with Crippen molar-refractivity contribution in [2.45, 2.75) is 43.9 Å². The van der Waals surface area contributed by atoms with E-state index in [2.05, 4.69) is 20.6 Å². The van der Waals surface area contributed by atoms with Gasteiger partial charge in [0.15, 0.2) is 17.7 Å². The second kappa shape index (κ2) is 10.6. The highest BCUT2D eigenvalue weighted by Gasteiger charge is 2.27. The molecule has 5 rings (SSSR count). The Morgan fingerprint density at radius 3 is 2.63 bits per heavy atom. The summed E-state index contributed by atoms with van der Waals surface area (Å²) in [6, 6.07) is 12.9. The monoisotopic (exact) mass is 519 g/mol. The second-order valence-corrected chi connectivity index (χ2v) is 9.37. The van der Waals surface area contributed by atoms with E-state index in [9.17, 15) is 28.3 Å². The second-order valence-electron chi connectivity index (χ2n) is 9.37. The average Bonchev–Trinajstić information content (AvgIpc) is 3.34. The number of carbonyl (C=O) groups excluding carboxylic acids is 1. The van der Waals surface area contributed by atoms with Crippen LogP contribution in [0.3, 0.4) is 0 Å². The van der Waals surface area contributed by atoms with Gasteiger partial charge in [0, 0.05) is 35.3 Å². The SMILES string of the molecule is N#Cc1cc(F)c(N[C@@H]2CCC[C@H](NC(=O)[C@@H](O)c3ccccc3)C2)nc1-c1c[nH]c2c(F)cc(F)cc12. The lowest BCUT2D eigenvalue weighted by molar-refractivity contribution is -0.130. The number of anilines is 1. The number of carbonyl (C=O) groups is 1. The van der Waals surface area contributed by atoms with Crippen LogP contribution < -0.4 is 10.6 Å². The number of nitrogens with one attached hydrogen (secondary N) is 3. The van der Waals surface area contributed by atoms with Gasteiger partial charge in [0.05, 0.1) is 16.8 Å². The summed E-state index contributed by atoms with van der Waals surface area (Å²) >= 11 is 0. The van der Waals surface area contributed by atoms with Gasteiger partial charge in [-0.3, -0.25) is 4.79 Å². The van der Waals surface area contributed by atoms with Crippen LogP contribution in [0.5, 0.6) is 0 Å². The molecule has 4 aromatic rings. The molecule has 3 atom stereocenters. The number of pyridine rings is 1. The Labute approximate surface area is 216 Å². The zero-order chi connectivity index (χ0) is 26.8. The lowest BCUT2D eigenvalue weighted by Gasteiger charge is -2.31. The maximum absolute atomic E-state index is 14.9. The lowest BCUT2D eigenvalue weighted by Crippen LogP contribution is -2.43. The molecule has 1 aliphatic rings. The van der Waals surface area contributed by atoms with E-state index in [1.807, 2.05) is 6.07 Å². The Morgan fingerprint density at radius 1 is 1.11 bits per heavy atom.